The SMILES string of the molecule is CSc1ccc2nc(NC(=O)CCCS(=O)(=O)c3ccc(F)cc3)sc2c1. The molecule has 1 N–H and O–H groups in total. The van der Waals surface area contributed by atoms with Gasteiger partial charge in [0.25, 0.3) is 0 Å². The second-order valence-corrected chi connectivity index (χ2v) is 9.80. The van der Waals surface area contributed by atoms with Crippen molar-refractivity contribution in [2.75, 3.05) is 17.3 Å². The molecule has 0 saturated carbocycles. The number of sulfone groups is 1. The normalized spacial score (nSPS) is 11.6. The molecular weight excluding hydrogens is 407 g/mol. The molecule has 0 aliphatic heterocycles. The Morgan fingerprint density at radius 2 is 1.96 bits per heavy atom. The van der Waals surface area contributed by atoms with Crippen molar-refractivity contribution in [3.63, 3.8) is 0 Å². The zero-order chi connectivity index (χ0) is 19.4. The highest BCUT2D eigenvalue weighted by molar-refractivity contribution is 7.98. The lowest BCUT2D eigenvalue weighted by Gasteiger charge is -2.04. The molecule has 0 spiro atoms. The number of hydrogen-bond donors (Lipinski definition) is 1. The molecule has 5 nitrogen and oxygen atoms in total. The van der Waals surface area contributed by atoms with Crippen LogP contribution in [0.15, 0.2) is 52.3 Å². The number of halogens is 1. The molecule has 0 radical (unpaired) electrons. The third-order valence-electron chi connectivity index (χ3n) is 3.83. The Morgan fingerprint density at radius 3 is 2.67 bits per heavy atom. The van der Waals surface area contributed by atoms with Crippen LogP contribution >= 0.6 is 23.1 Å². The van der Waals surface area contributed by atoms with E-state index in [4.69, 9.17) is 0 Å². The molecule has 3 aromatic rings. The number of rotatable bonds is 7. The number of anilines is 1. The van der Waals surface area contributed by atoms with Crippen LogP contribution in [0.2, 0.25) is 0 Å². The molecule has 0 bridgehead atoms. The van der Waals surface area contributed by atoms with E-state index in [1.165, 1.54) is 23.5 Å². The van der Waals surface area contributed by atoms with Crippen LogP contribution < -0.4 is 5.32 Å². The minimum Gasteiger partial charge on any atom is -0.302 e. The van der Waals surface area contributed by atoms with Crippen molar-refractivity contribution in [2.45, 2.75) is 22.6 Å². The predicted molar refractivity (Wildman–Crippen MR) is 108 cm³/mol. The number of fused-ring (bicyclic) bond motifs is 1. The van der Waals surface area contributed by atoms with Crippen LogP contribution in [-0.4, -0.2) is 31.3 Å². The van der Waals surface area contributed by atoms with Gasteiger partial charge in [0.1, 0.15) is 5.82 Å². The van der Waals surface area contributed by atoms with E-state index in [1.54, 1.807) is 11.8 Å². The van der Waals surface area contributed by atoms with E-state index in [2.05, 4.69) is 10.3 Å². The largest absolute Gasteiger partial charge is 0.302 e. The average Bonchev–Trinajstić information content (AvgIpc) is 3.02. The predicted octanol–water partition coefficient (Wildman–Crippen LogP) is 4.35. The number of carbonyl (C=O) groups excluding carboxylic acids is 1. The highest BCUT2D eigenvalue weighted by Gasteiger charge is 2.15. The van der Waals surface area contributed by atoms with E-state index < -0.39 is 15.7 Å². The number of carbonyl (C=O) groups is 1. The van der Waals surface area contributed by atoms with Gasteiger partial charge in [0, 0.05) is 11.3 Å². The molecule has 0 aliphatic rings. The van der Waals surface area contributed by atoms with Gasteiger partial charge < -0.3 is 5.32 Å². The molecule has 3 rings (SSSR count). The Balaban J connectivity index is 1.56. The van der Waals surface area contributed by atoms with E-state index in [1.807, 2.05) is 24.5 Å². The van der Waals surface area contributed by atoms with Crippen LogP contribution in [0.5, 0.6) is 0 Å². The molecule has 0 saturated heterocycles. The first-order valence-corrected chi connectivity index (χ1v) is 11.8. The minimum absolute atomic E-state index is 0.0556. The van der Waals surface area contributed by atoms with Crippen LogP contribution in [0, 0.1) is 5.82 Å². The molecule has 27 heavy (non-hydrogen) atoms. The molecule has 9 heteroatoms. The van der Waals surface area contributed by atoms with Gasteiger partial charge in [-0.1, -0.05) is 11.3 Å². The van der Waals surface area contributed by atoms with Crippen molar-refractivity contribution in [1.29, 1.82) is 0 Å². The van der Waals surface area contributed by atoms with E-state index in [0.29, 0.717) is 5.13 Å². The molecule has 0 fully saturated rings. The smallest absolute Gasteiger partial charge is 0.226 e. The fourth-order valence-corrected chi connectivity index (χ4v) is 5.20. The summed E-state index contributed by atoms with van der Waals surface area (Å²) < 4.78 is 38.3. The maximum atomic E-state index is 12.9. The van der Waals surface area contributed by atoms with Crippen LogP contribution in [0.1, 0.15) is 12.8 Å². The first kappa shape index (κ1) is 19.8. The topological polar surface area (TPSA) is 76.1 Å². The fraction of sp³-hybridized carbons (Fsp3) is 0.222. The monoisotopic (exact) mass is 424 g/mol. The molecule has 142 valence electrons. The quantitative estimate of drug-likeness (QED) is 0.451. The number of hydrogen-bond acceptors (Lipinski definition) is 6. The van der Waals surface area contributed by atoms with Crippen LogP contribution in [-0.2, 0) is 14.6 Å². The number of thiazole rings is 1. The Kier molecular flexibility index (Phi) is 6.13. The molecule has 1 amide bonds. The standard InChI is InChI=1S/C18H17FN2O3S3/c1-25-13-6-9-15-16(11-13)26-18(20-15)21-17(22)3-2-10-27(23,24)14-7-4-12(19)5-8-14/h4-9,11H,2-3,10H2,1H3,(H,20,21,22). The molecule has 2 aromatic carbocycles. The van der Waals surface area contributed by atoms with Crippen LogP contribution in [0.3, 0.4) is 0 Å². The van der Waals surface area contributed by atoms with Gasteiger partial charge in [0.15, 0.2) is 15.0 Å². The van der Waals surface area contributed by atoms with Gasteiger partial charge in [0.2, 0.25) is 5.91 Å². The van der Waals surface area contributed by atoms with Crippen molar-refractivity contribution in [2.24, 2.45) is 0 Å². The molecular formula is C18H17FN2O3S3. The first-order valence-electron chi connectivity index (χ1n) is 8.10. The zero-order valence-corrected chi connectivity index (χ0v) is 16.9. The summed E-state index contributed by atoms with van der Waals surface area (Å²) in [6.45, 7) is 0. The molecule has 1 heterocycles. The van der Waals surface area contributed by atoms with Gasteiger partial charge in [-0.3, -0.25) is 4.79 Å². The van der Waals surface area contributed by atoms with E-state index in [-0.39, 0.29) is 29.4 Å². The highest BCUT2D eigenvalue weighted by Crippen LogP contribution is 2.29. The lowest BCUT2D eigenvalue weighted by molar-refractivity contribution is -0.116. The van der Waals surface area contributed by atoms with Crippen LogP contribution in [0.25, 0.3) is 10.2 Å². The summed E-state index contributed by atoms with van der Waals surface area (Å²) in [6.07, 6.45) is 2.23. The number of thioether (sulfide) groups is 1. The lowest BCUT2D eigenvalue weighted by Crippen LogP contribution is -2.14. The van der Waals surface area contributed by atoms with E-state index in [0.717, 1.165) is 27.2 Å². The summed E-state index contributed by atoms with van der Waals surface area (Å²) in [5, 5.41) is 3.21. The van der Waals surface area contributed by atoms with Crippen LogP contribution in [0.4, 0.5) is 9.52 Å². The molecule has 0 atom stereocenters. The Bertz CT molecular complexity index is 1060. The number of nitrogens with zero attached hydrogens (tertiary/aromatic N) is 1. The lowest BCUT2D eigenvalue weighted by atomic mass is 10.3. The Labute approximate surface area is 164 Å². The van der Waals surface area contributed by atoms with E-state index >= 15 is 0 Å². The summed E-state index contributed by atoms with van der Waals surface area (Å²) >= 11 is 3.02. The third-order valence-corrected chi connectivity index (χ3v) is 7.31. The fourth-order valence-electron chi connectivity index (χ4n) is 2.45. The highest BCUT2D eigenvalue weighted by atomic mass is 32.2. The number of aromatic nitrogens is 1. The summed E-state index contributed by atoms with van der Waals surface area (Å²) in [5.41, 5.74) is 0.812. The van der Waals surface area contributed by atoms with Gasteiger partial charge in [-0.25, -0.2) is 17.8 Å². The summed E-state index contributed by atoms with van der Waals surface area (Å²) in [6, 6.07) is 10.6. The molecule has 0 aliphatic carbocycles. The number of nitrogens with one attached hydrogen (secondary N) is 1. The minimum atomic E-state index is -3.54. The second-order valence-electron chi connectivity index (χ2n) is 5.78. The maximum Gasteiger partial charge on any atom is 0.226 e. The second kappa shape index (κ2) is 8.37. The van der Waals surface area contributed by atoms with Crippen molar-refractivity contribution in [3.8, 4) is 0 Å². The third kappa shape index (κ3) is 5.06. The number of amides is 1. The van der Waals surface area contributed by atoms with Crippen molar-refractivity contribution in [1.82, 2.24) is 4.98 Å². The average molecular weight is 425 g/mol. The Hall–Kier alpha value is -1.97. The van der Waals surface area contributed by atoms with Crippen molar-refractivity contribution in [3.05, 3.63) is 48.3 Å². The maximum absolute atomic E-state index is 12.9. The van der Waals surface area contributed by atoms with E-state index in [9.17, 15) is 17.6 Å². The van der Waals surface area contributed by atoms with Gasteiger partial charge in [-0.2, -0.15) is 0 Å². The zero-order valence-electron chi connectivity index (χ0n) is 14.4. The first-order chi connectivity index (χ1) is 12.9. The number of benzene rings is 2. The Morgan fingerprint density at radius 1 is 1.22 bits per heavy atom. The summed E-state index contributed by atoms with van der Waals surface area (Å²) in [5.74, 6) is -0.953. The van der Waals surface area contributed by atoms with Gasteiger partial charge in [-0.15, -0.1) is 11.8 Å². The van der Waals surface area contributed by atoms with Crippen molar-refractivity contribution < 1.29 is 17.6 Å². The molecule has 0 unspecified atom stereocenters. The van der Waals surface area contributed by atoms with Gasteiger partial charge in [0.05, 0.1) is 20.9 Å². The van der Waals surface area contributed by atoms with Gasteiger partial charge >= 0.3 is 0 Å². The summed E-state index contributed by atoms with van der Waals surface area (Å²) in [4.78, 5) is 17.6. The van der Waals surface area contributed by atoms with Crippen molar-refractivity contribution >= 4 is 54.2 Å². The summed E-state index contributed by atoms with van der Waals surface area (Å²) in [7, 11) is -3.54. The molecule has 1 aromatic heterocycles. The van der Waals surface area contributed by atoms with Gasteiger partial charge in [-0.05, 0) is 55.1 Å².